The number of aliphatic hydroxyl groups excluding tert-OH is 1. The Balaban J connectivity index is 2.78. The van der Waals surface area contributed by atoms with E-state index >= 15 is 0 Å². The summed E-state index contributed by atoms with van der Waals surface area (Å²) in [5.74, 6) is 2.51. The summed E-state index contributed by atoms with van der Waals surface area (Å²) in [7, 11) is 0. The van der Waals surface area contributed by atoms with E-state index in [0.717, 1.165) is 6.42 Å². The largest absolute Gasteiger partial charge is 0.392 e. The zero-order chi connectivity index (χ0) is 12.0. The van der Waals surface area contributed by atoms with Gasteiger partial charge in [0, 0.05) is 0 Å². The van der Waals surface area contributed by atoms with Crippen LogP contribution in [-0.4, -0.2) is 27.3 Å². The Labute approximate surface area is 108 Å². The molecule has 1 N–H and O–H groups in total. The van der Waals surface area contributed by atoms with Crippen molar-refractivity contribution in [3.8, 4) is 0 Å². The van der Waals surface area contributed by atoms with E-state index in [0.29, 0.717) is 0 Å². The zero-order valence-corrected chi connectivity index (χ0v) is 12.1. The normalized spacial score (nSPS) is 20.6. The second-order valence-corrected chi connectivity index (χ2v) is 7.60. The first kappa shape index (κ1) is 14.2. The van der Waals surface area contributed by atoms with Gasteiger partial charge in [-0.15, -0.1) is 23.5 Å². The van der Waals surface area contributed by atoms with Crippen molar-refractivity contribution >= 4 is 23.5 Å². The van der Waals surface area contributed by atoms with Crippen molar-refractivity contribution in [3.05, 3.63) is 23.3 Å². The van der Waals surface area contributed by atoms with E-state index in [4.69, 9.17) is 5.11 Å². The minimum atomic E-state index is 0.159. The van der Waals surface area contributed by atoms with Crippen LogP contribution in [0.15, 0.2) is 23.3 Å². The van der Waals surface area contributed by atoms with Gasteiger partial charge in [0.05, 0.1) is 10.7 Å². The predicted molar refractivity (Wildman–Crippen MR) is 77.2 cm³/mol. The van der Waals surface area contributed by atoms with Gasteiger partial charge in [-0.3, -0.25) is 0 Å². The summed E-state index contributed by atoms with van der Waals surface area (Å²) < 4.78 is 0.215. The van der Waals surface area contributed by atoms with Crippen molar-refractivity contribution in [2.45, 2.75) is 37.7 Å². The van der Waals surface area contributed by atoms with E-state index in [-0.39, 0.29) is 10.7 Å². The third kappa shape index (κ3) is 4.56. The molecule has 0 bridgehead atoms. The van der Waals surface area contributed by atoms with Crippen LogP contribution in [0, 0.1) is 0 Å². The van der Waals surface area contributed by atoms with Gasteiger partial charge in [0.2, 0.25) is 0 Å². The van der Waals surface area contributed by atoms with Crippen molar-refractivity contribution in [1.82, 2.24) is 0 Å². The maximum absolute atomic E-state index is 8.93. The van der Waals surface area contributed by atoms with Crippen LogP contribution in [0.4, 0.5) is 0 Å². The van der Waals surface area contributed by atoms with Gasteiger partial charge >= 0.3 is 0 Å². The summed E-state index contributed by atoms with van der Waals surface area (Å²) in [6, 6.07) is 0. The van der Waals surface area contributed by atoms with Crippen molar-refractivity contribution in [3.63, 3.8) is 0 Å². The molecule has 0 unspecified atom stereocenters. The second kappa shape index (κ2) is 6.77. The molecule has 1 heterocycles. The van der Waals surface area contributed by atoms with Crippen LogP contribution >= 0.6 is 23.5 Å². The molecule has 1 rings (SSSR count). The van der Waals surface area contributed by atoms with E-state index in [1.165, 1.54) is 29.1 Å². The van der Waals surface area contributed by atoms with Gasteiger partial charge in [-0.1, -0.05) is 23.3 Å². The highest BCUT2D eigenvalue weighted by atomic mass is 32.2. The number of allylic oxidation sites excluding steroid dienone is 2. The highest BCUT2D eigenvalue weighted by molar-refractivity contribution is 8.19. The van der Waals surface area contributed by atoms with Gasteiger partial charge in [-0.2, -0.15) is 0 Å². The van der Waals surface area contributed by atoms with Crippen molar-refractivity contribution in [2.75, 3.05) is 18.1 Å². The number of rotatable bonds is 4. The lowest BCUT2D eigenvalue weighted by molar-refractivity contribution is 0.341. The molecule has 0 spiro atoms. The molecule has 0 radical (unpaired) electrons. The highest BCUT2D eigenvalue weighted by Gasteiger charge is 2.31. The average Bonchev–Trinajstić information content (AvgIpc) is 2.17. The lowest BCUT2D eigenvalue weighted by atomic mass is 10.1. The highest BCUT2D eigenvalue weighted by Crippen LogP contribution is 2.47. The molecule has 1 nitrogen and oxygen atoms in total. The number of hydrogen-bond acceptors (Lipinski definition) is 3. The maximum Gasteiger partial charge on any atom is 0.0830 e. The first-order chi connectivity index (χ1) is 7.58. The van der Waals surface area contributed by atoms with Crippen LogP contribution in [0.2, 0.25) is 0 Å². The summed E-state index contributed by atoms with van der Waals surface area (Å²) >= 11 is 4.11. The Morgan fingerprint density at radius 3 is 2.38 bits per heavy atom. The minimum Gasteiger partial charge on any atom is -0.392 e. The quantitative estimate of drug-likeness (QED) is 0.774. The predicted octanol–water partition coefficient (Wildman–Crippen LogP) is 3.85. The Bertz CT molecular complexity index is 272. The van der Waals surface area contributed by atoms with Crippen LogP contribution in [0.25, 0.3) is 0 Å². The first-order valence-electron chi connectivity index (χ1n) is 5.78. The smallest absolute Gasteiger partial charge is 0.0830 e. The van der Waals surface area contributed by atoms with Crippen LogP contribution in [-0.2, 0) is 0 Å². The van der Waals surface area contributed by atoms with Gasteiger partial charge in [0.1, 0.15) is 0 Å². The summed E-state index contributed by atoms with van der Waals surface area (Å²) in [6.45, 7) is 6.61. The maximum atomic E-state index is 8.93. The van der Waals surface area contributed by atoms with E-state index in [9.17, 15) is 0 Å². The molecule has 16 heavy (non-hydrogen) atoms. The molecule has 1 fully saturated rings. The topological polar surface area (TPSA) is 20.2 Å². The van der Waals surface area contributed by atoms with Gasteiger partial charge in [-0.25, -0.2) is 0 Å². The fourth-order valence-electron chi connectivity index (χ4n) is 1.88. The van der Waals surface area contributed by atoms with Gasteiger partial charge in [0.15, 0.2) is 0 Å². The monoisotopic (exact) mass is 258 g/mol. The Kier molecular flexibility index (Phi) is 6.01. The molecule has 0 aromatic rings. The van der Waals surface area contributed by atoms with Crippen LogP contribution in [0.5, 0.6) is 0 Å². The standard InChI is InChI=1S/C13H22OS2/c1-11(2)9-13(10-12(3)5-6-14)15-7-4-8-16-13/h5,9,14H,4,6-8,10H2,1-3H3/b12-5+. The minimum absolute atomic E-state index is 0.159. The lowest BCUT2D eigenvalue weighted by Gasteiger charge is -2.34. The first-order valence-corrected chi connectivity index (χ1v) is 7.75. The molecule has 0 atom stereocenters. The van der Waals surface area contributed by atoms with Crippen molar-refractivity contribution in [1.29, 1.82) is 0 Å². The van der Waals surface area contributed by atoms with Crippen LogP contribution < -0.4 is 0 Å². The van der Waals surface area contributed by atoms with Crippen LogP contribution in [0.1, 0.15) is 33.6 Å². The Hall–Kier alpha value is 0.140. The molecule has 0 saturated carbocycles. The fraction of sp³-hybridized carbons (Fsp3) is 0.692. The van der Waals surface area contributed by atoms with Crippen molar-refractivity contribution < 1.29 is 5.11 Å². The molecule has 3 heteroatoms. The summed E-state index contributed by atoms with van der Waals surface area (Å²) in [5.41, 5.74) is 2.68. The number of hydrogen-bond donors (Lipinski definition) is 1. The van der Waals surface area contributed by atoms with E-state index in [1.54, 1.807) is 0 Å². The van der Waals surface area contributed by atoms with E-state index in [1.807, 2.05) is 6.08 Å². The average molecular weight is 258 g/mol. The molecule has 0 aromatic heterocycles. The van der Waals surface area contributed by atoms with Gasteiger partial charge in [-0.05, 0) is 45.1 Å². The third-order valence-corrected chi connectivity index (χ3v) is 5.65. The molecular weight excluding hydrogens is 236 g/mol. The van der Waals surface area contributed by atoms with Crippen molar-refractivity contribution in [2.24, 2.45) is 0 Å². The number of aliphatic hydroxyl groups is 1. The van der Waals surface area contributed by atoms with Crippen LogP contribution in [0.3, 0.4) is 0 Å². The number of thioether (sulfide) groups is 2. The summed E-state index contributed by atoms with van der Waals surface area (Å²) in [4.78, 5) is 0. The summed E-state index contributed by atoms with van der Waals surface area (Å²) in [6.07, 6.45) is 6.69. The zero-order valence-electron chi connectivity index (χ0n) is 10.5. The SMILES string of the molecule is CC(C)=CC1(C/C(C)=C/CO)SCCCS1. The molecule has 1 saturated heterocycles. The molecule has 1 aliphatic rings. The van der Waals surface area contributed by atoms with Gasteiger partial charge in [0.25, 0.3) is 0 Å². The van der Waals surface area contributed by atoms with Gasteiger partial charge < -0.3 is 5.11 Å². The molecular formula is C13H22OS2. The Morgan fingerprint density at radius 2 is 1.88 bits per heavy atom. The molecule has 1 aliphatic heterocycles. The fourth-order valence-corrected chi connectivity index (χ4v) is 5.47. The lowest BCUT2D eigenvalue weighted by Crippen LogP contribution is -2.23. The second-order valence-electron chi connectivity index (χ2n) is 4.49. The molecule has 0 aliphatic carbocycles. The third-order valence-electron chi connectivity index (χ3n) is 2.46. The molecule has 92 valence electrons. The van der Waals surface area contributed by atoms with E-state index < -0.39 is 0 Å². The molecule has 0 aromatic carbocycles. The summed E-state index contributed by atoms with van der Waals surface area (Å²) in [5, 5.41) is 8.93. The Morgan fingerprint density at radius 1 is 1.25 bits per heavy atom. The van der Waals surface area contributed by atoms with E-state index in [2.05, 4.69) is 50.4 Å². The molecule has 0 amide bonds.